The van der Waals surface area contributed by atoms with Crippen LogP contribution < -0.4 is 0 Å². The highest BCUT2D eigenvalue weighted by atomic mass is 15.2. The summed E-state index contributed by atoms with van der Waals surface area (Å²) in [6, 6.07) is 51.5. The molecule has 0 amide bonds. The number of benzene rings is 5. The Kier molecular flexibility index (Phi) is 6.05. The molecule has 0 radical (unpaired) electrons. The Morgan fingerprint density at radius 3 is 1.51 bits per heavy atom. The average molecular weight is 552 g/mol. The lowest BCUT2D eigenvalue weighted by atomic mass is 10.1. The van der Waals surface area contributed by atoms with Gasteiger partial charge in [0.25, 0.3) is 0 Å². The van der Waals surface area contributed by atoms with Gasteiger partial charge in [-0.25, -0.2) is 9.97 Å². The molecule has 3 heterocycles. The lowest BCUT2D eigenvalue weighted by molar-refractivity contribution is 0.953. The minimum atomic E-state index is 0.579. The molecule has 0 unspecified atom stereocenters. The maximum absolute atomic E-state index is 5.09. The molecule has 8 rings (SSSR count). The van der Waals surface area contributed by atoms with Crippen LogP contribution in [-0.2, 0) is 0 Å². The van der Waals surface area contributed by atoms with Crippen LogP contribution in [0.5, 0.6) is 0 Å². The van der Waals surface area contributed by atoms with Crippen LogP contribution >= 0.6 is 0 Å². The van der Waals surface area contributed by atoms with E-state index in [1.807, 2.05) is 78.9 Å². The first-order chi connectivity index (χ1) is 21.3. The van der Waals surface area contributed by atoms with Crippen molar-refractivity contribution >= 4 is 21.8 Å². The van der Waals surface area contributed by atoms with Crippen molar-refractivity contribution in [2.75, 3.05) is 0 Å². The zero-order valence-corrected chi connectivity index (χ0v) is 23.2. The van der Waals surface area contributed by atoms with Crippen LogP contribution in [0.25, 0.3) is 73.0 Å². The van der Waals surface area contributed by atoms with E-state index in [1.165, 1.54) is 0 Å². The molecule has 0 aliphatic carbocycles. The molecule has 0 bridgehead atoms. The molecule has 8 aromatic rings. The first-order valence-electron chi connectivity index (χ1n) is 14.3. The minimum Gasteiger partial charge on any atom is -0.278 e. The van der Waals surface area contributed by atoms with Gasteiger partial charge in [0, 0.05) is 33.0 Å². The normalized spacial score (nSPS) is 11.3. The summed E-state index contributed by atoms with van der Waals surface area (Å²) in [6.45, 7) is 0. The molecule has 43 heavy (non-hydrogen) atoms. The van der Waals surface area contributed by atoms with Gasteiger partial charge in [-0.2, -0.15) is 9.97 Å². The molecule has 0 saturated carbocycles. The summed E-state index contributed by atoms with van der Waals surface area (Å²) < 4.78 is 2.14. The molecule has 202 valence electrons. The Hall–Kier alpha value is -5.94. The van der Waals surface area contributed by atoms with E-state index < -0.39 is 0 Å². The van der Waals surface area contributed by atoms with Gasteiger partial charge >= 0.3 is 0 Å². The zero-order chi connectivity index (χ0) is 28.6. The molecule has 0 aliphatic rings. The van der Waals surface area contributed by atoms with E-state index >= 15 is 0 Å². The van der Waals surface area contributed by atoms with Crippen LogP contribution in [0.1, 0.15) is 0 Å². The molecule has 0 fully saturated rings. The molecular formula is C38H25N5. The summed E-state index contributed by atoms with van der Waals surface area (Å²) in [5.74, 6) is 1.81. The first-order valence-corrected chi connectivity index (χ1v) is 14.3. The highest BCUT2D eigenvalue weighted by molar-refractivity contribution is 6.09. The molecule has 5 nitrogen and oxygen atoms in total. The number of nitrogens with zero attached hydrogens (tertiary/aromatic N) is 5. The van der Waals surface area contributed by atoms with Crippen molar-refractivity contribution in [3.63, 3.8) is 0 Å². The highest BCUT2D eigenvalue weighted by Gasteiger charge is 2.17. The molecule has 0 saturated heterocycles. The van der Waals surface area contributed by atoms with Crippen LogP contribution in [0.2, 0.25) is 0 Å². The van der Waals surface area contributed by atoms with Gasteiger partial charge in [-0.15, -0.1) is 0 Å². The molecule has 0 atom stereocenters. The number of fused-ring (bicyclic) bond motifs is 3. The van der Waals surface area contributed by atoms with Crippen LogP contribution in [0.4, 0.5) is 0 Å². The van der Waals surface area contributed by atoms with Crippen molar-refractivity contribution in [3.05, 3.63) is 152 Å². The van der Waals surface area contributed by atoms with Crippen LogP contribution in [0.15, 0.2) is 152 Å². The van der Waals surface area contributed by atoms with Gasteiger partial charge in [-0.05, 0) is 30.3 Å². The predicted octanol–water partition coefficient (Wildman–Crippen LogP) is 9.03. The summed E-state index contributed by atoms with van der Waals surface area (Å²) >= 11 is 0. The van der Waals surface area contributed by atoms with Crippen LogP contribution in [0.3, 0.4) is 0 Å². The van der Waals surface area contributed by atoms with Crippen LogP contribution in [-0.4, -0.2) is 24.5 Å². The zero-order valence-electron chi connectivity index (χ0n) is 23.2. The number of rotatable bonds is 5. The lowest BCUT2D eigenvalue weighted by Gasteiger charge is -2.11. The minimum absolute atomic E-state index is 0.579. The third-order valence-corrected chi connectivity index (χ3v) is 7.67. The maximum Gasteiger partial charge on any atom is 0.238 e. The van der Waals surface area contributed by atoms with Gasteiger partial charge in [0.1, 0.15) is 0 Å². The molecule has 0 aliphatic heterocycles. The molecule has 5 heteroatoms. The second-order valence-electron chi connectivity index (χ2n) is 10.4. The van der Waals surface area contributed by atoms with Crippen molar-refractivity contribution in [1.29, 1.82) is 0 Å². The Balaban J connectivity index is 1.31. The summed E-state index contributed by atoms with van der Waals surface area (Å²) in [7, 11) is 0. The molecular weight excluding hydrogens is 526 g/mol. The Bertz CT molecular complexity index is 2180. The quantitative estimate of drug-likeness (QED) is 0.214. The second kappa shape index (κ2) is 10.5. The van der Waals surface area contributed by atoms with E-state index in [9.17, 15) is 0 Å². The van der Waals surface area contributed by atoms with E-state index in [0.717, 1.165) is 55.4 Å². The summed E-state index contributed by atoms with van der Waals surface area (Å²) in [5.41, 5.74) is 7.84. The SMILES string of the molecule is c1ccc(-c2cccc(-c3cccc(-c4nc(-c5ccccc5)nc(-n5c6ccccc6c6ccccc65)n4)c3)n2)cc1. The van der Waals surface area contributed by atoms with E-state index in [-0.39, 0.29) is 0 Å². The van der Waals surface area contributed by atoms with Crippen molar-refractivity contribution < 1.29 is 0 Å². The molecule has 0 spiro atoms. The van der Waals surface area contributed by atoms with E-state index in [0.29, 0.717) is 17.6 Å². The van der Waals surface area contributed by atoms with Gasteiger partial charge in [0.15, 0.2) is 11.6 Å². The van der Waals surface area contributed by atoms with Crippen molar-refractivity contribution in [3.8, 4) is 51.2 Å². The molecule has 0 N–H and O–H groups in total. The highest BCUT2D eigenvalue weighted by Crippen LogP contribution is 2.33. The van der Waals surface area contributed by atoms with E-state index in [1.54, 1.807) is 0 Å². The summed E-state index contributed by atoms with van der Waals surface area (Å²) in [4.78, 5) is 20.1. The Labute approximate surface area is 248 Å². The average Bonchev–Trinajstić information content (AvgIpc) is 3.43. The number of para-hydroxylation sites is 2. The summed E-state index contributed by atoms with van der Waals surface area (Å²) in [6.07, 6.45) is 0. The monoisotopic (exact) mass is 551 g/mol. The fraction of sp³-hybridized carbons (Fsp3) is 0. The van der Waals surface area contributed by atoms with Crippen LogP contribution in [0, 0.1) is 0 Å². The number of hydrogen-bond acceptors (Lipinski definition) is 4. The Morgan fingerprint density at radius 1 is 0.349 bits per heavy atom. The largest absolute Gasteiger partial charge is 0.278 e. The molecule has 3 aromatic heterocycles. The lowest BCUT2D eigenvalue weighted by Crippen LogP contribution is -2.06. The Morgan fingerprint density at radius 2 is 0.837 bits per heavy atom. The fourth-order valence-corrected chi connectivity index (χ4v) is 5.63. The third kappa shape index (κ3) is 4.53. The van der Waals surface area contributed by atoms with E-state index in [4.69, 9.17) is 19.9 Å². The standard InChI is InChI=1S/C38H25N5/c1-3-13-26(14-4-1)32-21-12-22-33(39-32)28-17-11-18-29(25-28)37-40-36(27-15-5-2-6-16-27)41-38(42-37)43-34-23-9-7-19-30(34)31-20-8-10-24-35(31)43/h1-25H. The van der Waals surface area contributed by atoms with Gasteiger partial charge in [-0.1, -0.05) is 121 Å². The first kappa shape index (κ1) is 24.8. The van der Waals surface area contributed by atoms with Gasteiger partial charge in [0.05, 0.1) is 22.4 Å². The number of hydrogen-bond donors (Lipinski definition) is 0. The topological polar surface area (TPSA) is 56.5 Å². The smallest absolute Gasteiger partial charge is 0.238 e. The predicted molar refractivity (Wildman–Crippen MR) is 174 cm³/mol. The second-order valence-corrected chi connectivity index (χ2v) is 10.4. The van der Waals surface area contributed by atoms with Gasteiger partial charge in [-0.3, -0.25) is 4.57 Å². The van der Waals surface area contributed by atoms with Crippen molar-refractivity contribution in [2.45, 2.75) is 0 Å². The van der Waals surface area contributed by atoms with Crippen molar-refractivity contribution in [2.24, 2.45) is 0 Å². The number of aromatic nitrogens is 5. The summed E-state index contributed by atoms with van der Waals surface area (Å²) in [5, 5.41) is 2.32. The number of pyridine rings is 1. The van der Waals surface area contributed by atoms with Gasteiger partial charge in [0.2, 0.25) is 5.95 Å². The molecule has 5 aromatic carbocycles. The third-order valence-electron chi connectivity index (χ3n) is 7.67. The maximum atomic E-state index is 5.09. The van der Waals surface area contributed by atoms with Crippen molar-refractivity contribution in [1.82, 2.24) is 24.5 Å². The fourth-order valence-electron chi connectivity index (χ4n) is 5.63. The van der Waals surface area contributed by atoms with Gasteiger partial charge < -0.3 is 0 Å². The van der Waals surface area contributed by atoms with E-state index in [2.05, 4.69) is 77.4 Å².